The molecule has 0 bridgehead atoms. The van der Waals surface area contributed by atoms with Crippen molar-refractivity contribution in [2.75, 3.05) is 30.3 Å². The van der Waals surface area contributed by atoms with E-state index in [9.17, 15) is 9.59 Å². The number of fused-ring (bicyclic) bond motifs is 1. The molecule has 2 aromatic rings. The second-order valence-corrected chi connectivity index (χ2v) is 7.49. The van der Waals surface area contributed by atoms with E-state index in [-0.39, 0.29) is 30.4 Å². The summed E-state index contributed by atoms with van der Waals surface area (Å²) in [6.07, 6.45) is 0.664. The van der Waals surface area contributed by atoms with Crippen LogP contribution in [-0.4, -0.2) is 37.6 Å². The third kappa shape index (κ3) is 4.70. The molecule has 2 aromatic carbocycles. The van der Waals surface area contributed by atoms with Gasteiger partial charge in [0.15, 0.2) is 6.61 Å². The Balaban J connectivity index is 1.36. The monoisotopic (exact) mass is 405 g/mol. The minimum absolute atomic E-state index is 0.0131. The molecule has 8 heteroatoms. The van der Waals surface area contributed by atoms with Gasteiger partial charge in [0.1, 0.15) is 5.75 Å². The van der Waals surface area contributed by atoms with Crippen LogP contribution in [0.25, 0.3) is 0 Å². The molecule has 0 aromatic heterocycles. The van der Waals surface area contributed by atoms with Gasteiger partial charge in [-0.1, -0.05) is 12.1 Å². The Morgan fingerprint density at radius 2 is 2.13 bits per heavy atom. The van der Waals surface area contributed by atoms with Gasteiger partial charge in [-0.2, -0.15) is 5.26 Å². The molecular formula is C22H23N5O3. The highest BCUT2D eigenvalue weighted by Gasteiger charge is 2.23. The first-order valence-corrected chi connectivity index (χ1v) is 9.91. The van der Waals surface area contributed by atoms with Gasteiger partial charge < -0.3 is 26.0 Å². The van der Waals surface area contributed by atoms with Gasteiger partial charge in [-0.3, -0.25) is 9.59 Å². The van der Waals surface area contributed by atoms with E-state index in [1.165, 1.54) is 0 Å². The summed E-state index contributed by atoms with van der Waals surface area (Å²) >= 11 is 0. The lowest BCUT2D eigenvalue weighted by atomic mass is 9.97. The summed E-state index contributed by atoms with van der Waals surface area (Å²) in [5.41, 5.74) is 3.07. The fraction of sp³-hybridized carbons (Fsp3) is 0.318. The Morgan fingerprint density at radius 1 is 1.23 bits per heavy atom. The van der Waals surface area contributed by atoms with E-state index in [4.69, 9.17) is 10.00 Å². The predicted molar refractivity (Wildman–Crippen MR) is 112 cm³/mol. The molecule has 2 atom stereocenters. The third-order valence-electron chi connectivity index (χ3n) is 5.17. The molecule has 4 rings (SSSR count). The smallest absolute Gasteiger partial charge is 0.262 e. The molecule has 2 aliphatic heterocycles. The molecule has 0 radical (unpaired) electrons. The summed E-state index contributed by atoms with van der Waals surface area (Å²) in [6, 6.07) is 15.2. The van der Waals surface area contributed by atoms with Crippen molar-refractivity contribution in [2.45, 2.75) is 19.0 Å². The maximum atomic E-state index is 12.6. The molecule has 0 saturated carbocycles. The van der Waals surface area contributed by atoms with Gasteiger partial charge in [0.2, 0.25) is 0 Å². The van der Waals surface area contributed by atoms with Crippen molar-refractivity contribution in [1.29, 1.82) is 5.26 Å². The van der Waals surface area contributed by atoms with Crippen LogP contribution in [0.4, 0.5) is 11.4 Å². The van der Waals surface area contributed by atoms with Crippen LogP contribution < -0.4 is 26.0 Å². The average Bonchev–Trinajstić information content (AvgIpc) is 2.78. The summed E-state index contributed by atoms with van der Waals surface area (Å²) in [5.74, 6) is 0.253. The fourth-order valence-electron chi connectivity index (χ4n) is 3.63. The number of benzene rings is 2. The molecule has 8 nitrogen and oxygen atoms in total. The highest BCUT2D eigenvalue weighted by molar-refractivity contribution is 5.96. The zero-order chi connectivity index (χ0) is 20.9. The van der Waals surface area contributed by atoms with Gasteiger partial charge in [0.05, 0.1) is 17.7 Å². The average molecular weight is 405 g/mol. The number of nitrogens with one attached hydrogen (secondary N) is 4. The number of hydrogen-bond donors (Lipinski definition) is 4. The molecule has 0 aliphatic carbocycles. The fourth-order valence-corrected chi connectivity index (χ4v) is 3.63. The van der Waals surface area contributed by atoms with Crippen molar-refractivity contribution in [1.82, 2.24) is 10.6 Å². The van der Waals surface area contributed by atoms with Crippen molar-refractivity contribution in [2.24, 2.45) is 5.92 Å². The van der Waals surface area contributed by atoms with Crippen molar-refractivity contribution < 1.29 is 14.3 Å². The quantitative estimate of drug-likeness (QED) is 0.604. The lowest BCUT2D eigenvalue weighted by Crippen LogP contribution is -2.48. The van der Waals surface area contributed by atoms with Crippen molar-refractivity contribution >= 4 is 23.2 Å². The molecule has 0 spiro atoms. The Morgan fingerprint density at radius 3 is 3.00 bits per heavy atom. The molecule has 154 valence electrons. The van der Waals surface area contributed by atoms with E-state index < -0.39 is 0 Å². The Kier molecular flexibility index (Phi) is 5.82. The van der Waals surface area contributed by atoms with Crippen LogP contribution in [0.3, 0.4) is 0 Å². The normalized spacial score (nSPS) is 20.2. The number of carbonyl (C=O) groups excluding carboxylic acids is 2. The third-order valence-corrected chi connectivity index (χ3v) is 5.17. The van der Waals surface area contributed by atoms with E-state index in [2.05, 4.69) is 27.3 Å². The zero-order valence-electron chi connectivity index (χ0n) is 16.4. The van der Waals surface area contributed by atoms with Crippen molar-refractivity contribution in [3.05, 3.63) is 53.6 Å². The van der Waals surface area contributed by atoms with Gasteiger partial charge in [-0.25, -0.2) is 0 Å². The summed E-state index contributed by atoms with van der Waals surface area (Å²) in [5, 5.41) is 21.4. The Labute approximate surface area is 174 Å². The van der Waals surface area contributed by atoms with E-state index in [0.717, 1.165) is 11.3 Å². The zero-order valence-corrected chi connectivity index (χ0v) is 16.4. The van der Waals surface area contributed by atoms with Gasteiger partial charge in [-0.15, -0.1) is 0 Å². The minimum Gasteiger partial charge on any atom is -0.482 e. The highest BCUT2D eigenvalue weighted by atomic mass is 16.5. The van der Waals surface area contributed by atoms with Crippen molar-refractivity contribution in [3.63, 3.8) is 0 Å². The first kappa shape index (κ1) is 19.7. The van der Waals surface area contributed by atoms with Crippen LogP contribution in [-0.2, 0) is 11.3 Å². The standard InChI is InChI=1S/C22H23N5O3/c23-9-15-7-18(12-24-10-15)26-22(29)16-3-1-2-14(6-16)11-25-17-4-5-19-20(8-17)30-13-21(28)27-19/h1-6,8,15,18,24-25H,7,10-13H2,(H,26,29)(H,27,28). The molecule has 1 fully saturated rings. The van der Waals surface area contributed by atoms with Crippen LogP contribution in [0.5, 0.6) is 5.75 Å². The number of nitrogens with zero attached hydrogens (tertiary/aromatic N) is 1. The van der Waals surface area contributed by atoms with E-state index in [0.29, 0.717) is 43.1 Å². The van der Waals surface area contributed by atoms with Gasteiger partial charge in [0, 0.05) is 43.0 Å². The SMILES string of the molecule is N#CC1CNCC(NC(=O)c2cccc(CNc3ccc4c(c3)OCC(=O)N4)c2)C1. The minimum atomic E-state index is -0.162. The number of carbonyl (C=O) groups is 2. The predicted octanol–water partition coefficient (Wildman–Crippen LogP) is 1.86. The molecule has 2 aliphatic rings. The van der Waals surface area contributed by atoms with Crippen molar-refractivity contribution in [3.8, 4) is 11.8 Å². The van der Waals surface area contributed by atoms with Crippen LogP contribution >= 0.6 is 0 Å². The largest absolute Gasteiger partial charge is 0.482 e. The number of piperidine rings is 1. The summed E-state index contributed by atoms with van der Waals surface area (Å²) < 4.78 is 5.44. The Hall–Kier alpha value is -3.57. The lowest BCUT2D eigenvalue weighted by molar-refractivity contribution is -0.118. The number of rotatable bonds is 5. The summed E-state index contributed by atoms with van der Waals surface area (Å²) in [4.78, 5) is 24.0. The highest BCUT2D eigenvalue weighted by Crippen LogP contribution is 2.30. The van der Waals surface area contributed by atoms with E-state index >= 15 is 0 Å². The van der Waals surface area contributed by atoms with E-state index in [1.807, 2.05) is 30.3 Å². The molecule has 2 unspecified atom stereocenters. The molecule has 2 amide bonds. The molecular weight excluding hydrogens is 382 g/mol. The maximum absolute atomic E-state index is 12.6. The topological polar surface area (TPSA) is 115 Å². The second-order valence-electron chi connectivity index (χ2n) is 7.49. The lowest BCUT2D eigenvalue weighted by Gasteiger charge is -2.27. The molecule has 4 N–H and O–H groups in total. The maximum Gasteiger partial charge on any atom is 0.262 e. The van der Waals surface area contributed by atoms with Crippen LogP contribution in [0.15, 0.2) is 42.5 Å². The number of amides is 2. The first-order chi connectivity index (χ1) is 14.6. The van der Waals surface area contributed by atoms with Crippen LogP contribution in [0.2, 0.25) is 0 Å². The second kappa shape index (κ2) is 8.84. The number of nitriles is 1. The van der Waals surface area contributed by atoms with E-state index in [1.54, 1.807) is 12.1 Å². The van der Waals surface area contributed by atoms with Gasteiger partial charge >= 0.3 is 0 Å². The molecule has 30 heavy (non-hydrogen) atoms. The Bertz CT molecular complexity index is 1000. The van der Waals surface area contributed by atoms with Gasteiger partial charge in [-0.05, 0) is 36.2 Å². The van der Waals surface area contributed by atoms with Crippen LogP contribution in [0.1, 0.15) is 22.3 Å². The number of hydrogen-bond acceptors (Lipinski definition) is 6. The summed E-state index contributed by atoms with van der Waals surface area (Å²) in [7, 11) is 0. The number of anilines is 2. The summed E-state index contributed by atoms with van der Waals surface area (Å²) in [6.45, 7) is 1.89. The van der Waals surface area contributed by atoms with Gasteiger partial charge in [0.25, 0.3) is 11.8 Å². The van der Waals surface area contributed by atoms with Crippen LogP contribution in [0, 0.1) is 17.2 Å². The number of ether oxygens (including phenoxy) is 1. The first-order valence-electron chi connectivity index (χ1n) is 9.91. The molecule has 1 saturated heterocycles. The molecule has 2 heterocycles.